The summed E-state index contributed by atoms with van der Waals surface area (Å²) in [5, 5.41) is 0. The Morgan fingerprint density at radius 1 is 0.821 bits per heavy atom. The molecule has 0 saturated heterocycles. The summed E-state index contributed by atoms with van der Waals surface area (Å²) in [7, 11) is 1.74. The summed E-state index contributed by atoms with van der Waals surface area (Å²) < 4.78 is 5.30. The predicted octanol–water partition coefficient (Wildman–Crippen LogP) is 7.06. The number of benzene rings is 3. The van der Waals surface area contributed by atoms with Gasteiger partial charge in [-0.3, -0.25) is 0 Å². The van der Waals surface area contributed by atoms with Gasteiger partial charge in [-0.1, -0.05) is 86.1 Å². The molecule has 3 aromatic carbocycles. The first-order valence-corrected chi connectivity index (χ1v) is 10.5. The van der Waals surface area contributed by atoms with Gasteiger partial charge in [-0.25, -0.2) is 0 Å². The van der Waals surface area contributed by atoms with Gasteiger partial charge in [-0.2, -0.15) is 0 Å². The van der Waals surface area contributed by atoms with E-state index >= 15 is 0 Å². The lowest BCUT2D eigenvalue weighted by molar-refractivity contribution is 0.410. The van der Waals surface area contributed by atoms with Gasteiger partial charge in [-0.05, 0) is 67.3 Å². The molecule has 3 aromatic rings. The zero-order valence-electron chi connectivity index (χ0n) is 17.8. The second-order valence-electron chi connectivity index (χ2n) is 7.09. The van der Waals surface area contributed by atoms with Crippen LogP contribution in [0.15, 0.2) is 78.9 Å². The van der Waals surface area contributed by atoms with E-state index in [0.717, 1.165) is 11.7 Å². The van der Waals surface area contributed by atoms with Crippen molar-refractivity contribution in [3.05, 3.63) is 101 Å². The number of hydrogen-bond donors (Lipinski definition) is 0. The van der Waals surface area contributed by atoms with Gasteiger partial charge in [0.15, 0.2) is 0 Å². The van der Waals surface area contributed by atoms with Crippen molar-refractivity contribution in [2.75, 3.05) is 7.11 Å². The van der Waals surface area contributed by atoms with Gasteiger partial charge in [0.1, 0.15) is 5.75 Å². The topological polar surface area (TPSA) is 9.23 Å². The van der Waals surface area contributed by atoms with Gasteiger partial charge in [0.2, 0.25) is 0 Å². The van der Waals surface area contributed by atoms with Crippen molar-refractivity contribution in [1.29, 1.82) is 0 Å². The Kier molecular flexibility index (Phi) is 9.34. The van der Waals surface area contributed by atoms with Crippen molar-refractivity contribution in [3.8, 4) is 5.75 Å². The molecular formula is C27H34O. The third kappa shape index (κ3) is 6.88. The van der Waals surface area contributed by atoms with E-state index in [4.69, 9.17) is 4.74 Å². The van der Waals surface area contributed by atoms with Crippen LogP contribution >= 0.6 is 0 Å². The number of methoxy groups -OCH3 is 1. The minimum absolute atomic E-state index is 0.781. The van der Waals surface area contributed by atoms with Crippen LogP contribution in [0.5, 0.6) is 5.75 Å². The molecule has 0 heterocycles. The Morgan fingerprint density at radius 3 is 2.04 bits per heavy atom. The molecule has 0 bridgehead atoms. The lowest BCUT2D eigenvalue weighted by atomic mass is 9.81. The lowest BCUT2D eigenvalue weighted by Gasteiger charge is -2.25. The van der Waals surface area contributed by atoms with E-state index < -0.39 is 0 Å². The van der Waals surface area contributed by atoms with Gasteiger partial charge in [0.25, 0.3) is 0 Å². The summed E-state index contributed by atoms with van der Waals surface area (Å²) in [5.41, 5.74) is 5.77. The molecule has 0 spiro atoms. The number of hydrogen-bond acceptors (Lipinski definition) is 1. The normalized spacial score (nSPS) is 14.5. The number of rotatable bonds is 3. The van der Waals surface area contributed by atoms with Crippen molar-refractivity contribution in [3.63, 3.8) is 0 Å². The molecule has 1 heteroatoms. The highest BCUT2D eigenvalue weighted by atomic mass is 16.5. The fraction of sp³-hybridized carbons (Fsp3) is 0.333. The molecule has 0 saturated carbocycles. The van der Waals surface area contributed by atoms with Crippen LogP contribution in [0.1, 0.15) is 42.5 Å². The van der Waals surface area contributed by atoms with Crippen molar-refractivity contribution in [2.24, 2.45) is 5.92 Å². The molecule has 0 N–H and O–H groups in total. The molecule has 0 amide bonds. The van der Waals surface area contributed by atoms with E-state index in [0.29, 0.717) is 0 Å². The Bertz CT molecular complexity index is 793. The van der Waals surface area contributed by atoms with E-state index in [1.54, 1.807) is 7.11 Å². The second kappa shape index (κ2) is 12.0. The average Bonchev–Trinajstić information content (AvgIpc) is 2.76. The summed E-state index contributed by atoms with van der Waals surface area (Å²) in [5.74, 6) is 1.77. The zero-order chi connectivity index (χ0) is 20.2. The summed E-state index contributed by atoms with van der Waals surface area (Å²) in [6.45, 7) is 6.08. The Labute approximate surface area is 171 Å². The molecule has 0 fully saturated rings. The number of aryl methyl sites for hydroxylation is 2. The second-order valence-corrected chi connectivity index (χ2v) is 7.09. The fourth-order valence-corrected chi connectivity index (χ4v) is 3.59. The van der Waals surface area contributed by atoms with Crippen molar-refractivity contribution in [1.82, 2.24) is 0 Å². The summed E-state index contributed by atoms with van der Waals surface area (Å²) in [6, 6.07) is 27.6. The maximum atomic E-state index is 5.30. The molecular weight excluding hydrogens is 340 g/mol. The van der Waals surface area contributed by atoms with Crippen molar-refractivity contribution in [2.45, 2.75) is 46.5 Å². The monoisotopic (exact) mass is 374 g/mol. The minimum Gasteiger partial charge on any atom is -0.497 e. The molecule has 0 aromatic heterocycles. The SMILES string of the molecule is CC.COc1ccc2c(c1)CCC(Cc1ccccc1)C2.Cc1ccccc1. The molecule has 148 valence electrons. The van der Waals surface area contributed by atoms with Gasteiger partial charge in [0.05, 0.1) is 7.11 Å². The standard InChI is InChI=1S/C18H20O.C7H8.C2H6/c1-19-18-10-9-16-12-15(7-8-17(16)13-18)11-14-5-3-2-4-6-14;1-7-5-3-2-4-6-7;1-2/h2-6,9-10,13,15H,7-8,11-12H2,1H3;2-6H,1H3;1-2H3. The third-order valence-corrected chi connectivity index (χ3v) is 5.05. The molecule has 0 radical (unpaired) electrons. The van der Waals surface area contributed by atoms with E-state index in [9.17, 15) is 0 Å². The number of ether oxygens (including phenoxy) is 1. The van der Waals surface area contributed by atoms with Crippen LogP contribution in [-0.4, -0.2) is 7.11 Å². The van der Waals surface area contributed by atoms with Crippen LogP contribution in [0.25, 0.3) is 0 Å². The first-order chi connectivity index (χ1) is 13.7. The smallest absolute Gasteiger partial charge is 0.119 e. The molecule has 1 atom stereocenters. The highest BCUT2D eigenvalue weighted by molar-refractivity contribution is 5.37. The molecule has 4 rings (SSSR count). The van der Waals surface area contributed by atoms with Gasteiger partial charge >= 0.3 is 0 Å². The maximum absolute atomic E-state index is 5.30. The Hall–Kier alpha value is -2.54. The largest absolute Gasteiger partial charge is 0.497 e. The van der Waals surface area contributed by atoms with Crippen LogP contribution in [0.4, 0.5) is 0 Å². The molecule has 1 unspecified atom stereocenters. The van der Waals surface area contributed by atoms with Crippen LogP contribution in [-0.2, 0) is 19.3 Å². The summed E-state index contributed by atoms with van der Waals surface area (Å²) in [6.07, 6.45) is 4.87. The van der Waals surface area contributed by atoms with Gasteiger partial charge < -0.3 is 4.74 Å². The first kappa shape index (κ1) is 21.8. The first-order valence-electron chi connectivity index (χ1n) is 10.5. The highest BCUT2D eigenvalue weighted by Crippen LogP contribution is 2.30. The maximum Gasteiger partial charge on any atom is 0.119 e. The highest BCUT2D eigenvalue weighted by Gasteiger charge is 2.19. The van der Waals surface area contributed by atoms with E-state index in [1.807, 2.05) is 32.0 Å². The van der Waals surface area contributed by atoms with Crippen molar-refractivity contribution < 1.29 is 4.74 Å². The summed E-state index contributed by atoms with van der Waals surface area (Å²) in [4.78, 5) is 0. The van der Waals surface area contributed by atoms with Gasteiger partial charge in [-0.15, -0.1) is 0 Å². The molecule has 28 heavy (non-hydrogen) atoms. The quantitative estimate of drug-likeness (QED) is 0.476. The fourth-order valence-electron chi connectivity index (χ4n) is 3.59. The molecule has 1 nitrogen and oxygen atoms in total. The van der Waals surface area contributed by atoms with Crippen molar-refractivity contribution >= 4 is 0 Å². The Morgan fingerprint density at radius 2 is 1.46 bits per heavy atom. The average molecular weight is 375 g/mol. The predicted molar refractivity (Wildman–Crippen MR) is 121 cm³/mol. The molecule has 1 aliphatic rings. The zero-order valence-corrected chi connectivity index (χ0v) is 17.8. The number of fused-ring (bicyclic) bond motifs is 1. The van der Waals surface area contributed by atoms with Crippen LogP contribution < -0.4 is 4.74 Å². The molecule has 1 aliphatic carbocycles. The van der Waals surface area contributed by atoms with E-state index in [1.165, 1.54) is 47.9 Å². The van der Waals surface area contributed by atoms with Crippen LogP contribution in [0.3, 0.4) is 0 Å². The molecule has 0 aliphatic heterocycles. The lowest BCUT2D eigenvalue weighted by Crippen LogP contribution is -2.16. The van der Waals surface area contributed by atoms with E-state index in [-0.39, 0.29) is 0 Å². The Balaban J connectivity index is 0.000000261. The minimum atomic E-state index is 0.781. The van der Waals surface area contributed by atoms with Crippen LogP contribution in [0, 0.1) is 12.8 Å². The third-order valence-electron chi connectivity index (χ3n) is 5.05. The summed E-state index contributed by atoms with van der Waals surface area (Å²) >= 11 is 0. The van der Waals surface area contributed by atoms with E-state index in [2.05, 4.69) is 67.6 Å². The van der Waals surface area contributed by atoms with Gasteiger partial charge in [0, 0.05) is 0 Å². The van der Waals surface area contributed by atoms with Crippen LogP contribution in [0.2, 0.25) is 0 Å².